The van der Waals surface area contributed by atoms with Crippen molar-refractivity contribution in [2.75, 3.05) is 19.8 Å². The molecule has 1 amide bonds. The molecule has 2 unspecified atom stereocenters. The Bertz CT molecular complexity index is 443. The van der Waals surface area contributed by atoms with Crippen molar-refractivity contribution in [2.45, 2.75) is 37.8 Å². The number of hydrogen-bond donors (Lipinski definition) is 1. The number of hydrogen-bond acceptors (Lipinski definition) is 3. The van der Waals surface area contributed by atoms with E-state index >= 15 is 0 Å². The predicted molar refractivity (Wildman–Crippen MR) is 77.2 cm³/mol. The van der Waals surface area contributed by atoms with Gasteiger partial charge in [0.1, 0.15) is 0 Å². The van der Waals surface area contributed by atoms with Crippen LogP contribution in [0.1, 0.15) is 24.8 Å². The molecule has 0 aromatic heterocycles. The second-order valence-corrected chi connectivity index (χ2v) is 5.63. The van der Waals surface area contributed by atoms with E-state index in [0.717, 1.165) is 38.8 Å². The number of amides is 1. The average Bonchev–Trinajstić information content (AvgIpc) is 3.10. The van der Waals surface area contributed by atoms with Gasteiger partial charge in [-0.25, -0.2) is 0 Å². The van der Waals surface area contributed by atoms with E-state index in [4.69, 9.17) is 4.74 Å². The molecule has 4 heteroatoms. The lowest BCUT2D eigenvalue weighted by molar-refractivity contribution is -0.129. The number of carbonyl (C=O) groups is 1. The molecule has 0 spiro atoms. The summed E-state index contributed by atoms with van der Waals surface area (Å²) in [5.41, 5.74) is 1.21. The van der Waals surface area contributed by atoms with Crippen molar-refractivity contribution in [3.8, 4) is 0 Å². The number of rotatable bonds is 5. The summed E-state index contributed by atoms with van der Waals surface area (Å²) in [5, 5.41) is 3.32. The van der Waals surface area contributed by atoms with Crippen LogP contribution in [-0.2, 0) is 16.0 Å². The third-order valence-electron chi connectivity index (χ3n) is 4.17. The highest BCUT2D eigenvalue weighted by molar-refractivity contribution is 5.84. The third-order valence-corrected chi connectivity index (χ3v) is 4.17. The summed E-state index contributed by atoms with van der Waals surface area (Å²) in [4.78, 5) is 14.3. The number of benzene rings is 1. The summed E-state index contributed by atoms with van der Waals surface area (Å²) < 4.78 is 5.61. The highest BCUT2D eigenvalue weighted by Crippen LogP contribution is 2.17. The molecule has 20 heavy (non-hydrogen) atoms. The SMILES string of the molecule is O=C1C(Cc2ccccc2)NCN1CCC1CCCO1. The van der Waals surface area contributed by atoms with Crippen molar-refractivity contribution in [2.24, 2.45) is 0 Å². The molecular weight excluding hydrogens is 252 g/mol. The molecule has 2 aliphatic rings. The Hall–Kier alpha value is -1.39. The Morgan fingerprint density at radius 3 is 2.90 bits per heavy atom. The first-order chi connectivity index (χ1) is 9.83. The number of ether oxygens (including phenoxy) is 1. The lowest BCUT2D eigenvalue weighted by Gasteiger charge is -2.17. The molecule has 1 aromatic carbocycles. The normalized spacial score (nSPS) is 26.4. The molecule has 4 nitrogen and oxygen atoms in total. The van der Waals surface area contributed by atoms with Crippen LogP contribution in [-0.4, -0.2) is 42.8 Å². The molecule has 2 heterocycles. The molecule has 3 rings (SSSR count). The van der Waals surface area contributed by atoms with Gasteiger partial charge in [0.2, 0.25) is 5.91 Å². The van der Waals surface area contributed by atoms with Crippen molar-refractivity contribution in [1.82, 2.24) is 10.2 Å². The second-order valence-electron chi connectivity index (χ2n) is 5.63. The topological polar surface area (TPSA) is 41.6 Å². The predicted octanol–water partition coefficient (Wildman–Crippen LogP) is 1.56. The van der Waals surface area contributed by atoms with E-state index in [1.807, 2.05) is 23.1 Å². The maximum absolute atomic E-state index is 12.3. The zero-order valence-electron chi connectivity index (χ0n) is 11.8. The van der Waals surface area contributed by atoms with Gasteiger partial charge < -0.3 is 9.64 Å². The van der Waals surface area contributed by atoms with E-state index in [1.165, 1.54) is 5.56 Å². The van der Waals surface area contributed by atoms with Crippen molar-refractivity contribution < 1.29 is 9.53 Å². The van der Waals surface area contributed by atoms with Gasteiger partial charge in [0.05, 0.1) is 18.8 Å². The van der Waals surface area contributed by atoms with Crippen LogP contribution in [0.4, 0.5) is 0 Å². The van der Waals surface area contributed by atoms with Crippen LogP contribution in [0.2, 0.25) is 0 Å². The van der Waals surface area contributed by atoms with Crippen LogP contribution >= 0.6 is 0 Å². The van der Waals surface area contributed by atoms with E-state index < -0.39 is 0 Å². The van der Waals surface area contributed by atoms with Gasteiger partial charge in [0, 0.05) is 13.2 Å². The third kappa shape index (κ3) is 3.19. The molecule has 1 aromatic rings. The van der Waals surface area contributed by atoms with Crippen LogP contribution in [0.3, 0.4) is 0 Å². The lowest BCUT2D eigenvalue weighted by atomic mass is 10.1. The van der Waals surface area contributed by atoms with Crippen LogP contribution in [0.25, 0.3) is 0 Å². The van der Waals surface area contributed by atoms with Crippen molar-refractivity contribution in [3.05, 3.63) is 35.9 Å². The Morgan fingerprint density at radius 1 is 1.30 bits per heavy atom. The molecule has 0 bridgehead atoms. The number of nitrogens with one attached hydrogen (secondary N) is 1. The molecule has 2 fully saturated rings. The quantitative estimate of drug-likeness (QED) is 0.886. The fraction of sp³-hybridized carbons (Fsp3) is 0.562. The Labute approximate surface area is 120 Å². The summed E-state index contributed by atoms with van der Waals surface area (Å²) in [7, 11) is 0. The summed E-state index contributed by atoms with van der Waals surface area (Å²) in [6.45, 7) is 2.36. The minimum absolute atomic E-state index is 0.0677. The first kappa shape index (κ1) is 13.6. The van der Waals surface area contributed by atoms with E-state index in [1.54, 1.807) is 0 Å². The number of nitrogens with zero attached hydrogens (tertiary/aromatic N) is 1. The zero-order valence-corrected chi connectivity index (χ0v) is 11.8. The van der Waals surface area contributed by atoms with Gasteiger partial charge in [0.25, 0.3) is 0 Å². The molecule has 1 N–H and O–H groups in total. The smallest absolute Gasteiger partial charge is 0.241 e. The first-order valence-corrected chi connectivity index (χ1v) is 7.50. The number of carbonyl (C=O) groups excluding carboxylic acids is 1. The summed E-state index contributed by atoms with van der Waals surface area (Å²) in [6.07, 6.45) is 4.40. The van der Waals surface area contributed by atoms with Gasteiger partial charge in [-0.15, -0.1) is 0 Å². The minimum atomic E-state index is -0.0677. The average molecular weight is 274 g/mol. The largest absolute Gasteiger partial charge is 0.378 e. The maximum Gasteiger partial charge on any atom is 0.241 e. The van der Waals surface area contributed by atoms with Crippen molar-refractivity contribution >= 4 is 5.91 Å². The van der Waals surface area contributed by atoms with Gasteiger partial charge in [-0.3, -0.25) is 10.1 Å². The fourth-order valence-electron chi connectivity index (χ4n) is 2.98. The van der Waals surface area contributed by atoms with Gasteiger partial charge in [-0.1, -0.05) is 30.3 Å². The monoisotopic (exact) mass is 274 g/mol. The van der Waals surface area contributed by atoms with E-state index in [9.17, 15) is 4.79 Å². The first-order valence-electron chi connectivity index (χ1n) is 7.50. The van der Waals surface area contributed by atoms with Crippen molar-refractivity contribution in [1.29, 1.82) is 0 Å². The van der Waals surface area contributed by atoms with E-state index in [-0.39, 0.29) is 11.9 Å². The Kier molecular flexibility index (Phi) is 4.33. The second kappa shape index (κ2) is 6.37. The molecule has 2 aliphatic heterocycles. The van der Waals surface area contributed by atoms with E-state index in [0.29, 0.717) is 12.8 Å². The van der Waals surface area contributed by atoms with Gasteiger partial charge >= 0.3 is 0 Å². The fourth-order valence-corrected chi connectivity index (χ4v) is 2.98. The summed E-state index contributed by atoms with van der Waals surface area (Å²) >= 11 is 0. The van der Waals surface area contributed by atoms with Gasteiger partial charge in [-0.05, 0) is 31.2 Å². The van der Waals surface area contributed by atoms with Crippen molar-refractivity contribution in [3.63, 3.8) is 0 Å². The van der Waals surface area contributed by atoms with Crippen LogP contribution < -0.4 is 5.32 Å². The van der Waals surface area contributed by atoms with Crippen LogP contribution in [0, 0.1) is 0 Å². The van der Waals surface area contributed by atoms with E-state index in [2.05, 4.69) is 17.4 Å². The summed E-state index contributed by atoms with van der Waals surface area (Å²) in [5.74, 6) is 0.229. The molecule has 2 atom stereocenters. The Morgan fingerprint density at radius 2 is 2.15 bits per heavy atom. The molecule has 0 saturated carbocycles. The molecule has 0 aliphatic carbocycles. The van der Waals surface area contributed by atoms with Gasteiger partial charge in [-0.2, -0.15) is 0 Å². The highest BCUT2D eigenvalue weighted by Gasteiger charge is 2.31. The van der Waals surface area contributed by atoms with Crippen LogP contribution in [0.15, 0.2) is 30.3 Å². The molecule has 0 radical (unpaired) electrons. The molecule has 2 saturated heterocycles. The summed E-state index contributed by atoms with van der Waals surface area (Å²) in [6, 6.07) is 10.1. The minimum Gasteiger partial charge on any atom is -0.378 e. The van der Waals surface area contributed by atoms with Gasteiger partial charge in [0.15, 0.2) is 0 Å². The highest BCUT2D eigenvalue weighted by atomic mass is 16.5. The zero-order chi connectivity index (χ0) is 13.8. The molecular formula is C16H22N2O2. The Balaban J connectivity index is 1.49. The lowest BCUT2D eigenvalue weighted by Crippen LogP contribution is -2.33. The van der Waals surface area contributed by atoms with Crippen LogP contribution in [0.5, 0.6) is 0 Å². The standard InChI is InChI=1S/C16H22N2O2/c19-16-15(11-13-5-2-1-3-6-13)17-12-18(16)9-8-14-7-4-10-20-14/h1-3,5-6,14-15,17H,4,7-12H2. The maximum atomic E-state index is 12.3. The molecule has 108 valence electrons.